The van der Waals surface area contributed by atoms with Crippen LogP contribution in [-0.4, -0.2) is 12.1 Å². The summed E-state index contributed by atoms with van der Waals surface area (Å²) in [5.41, 5.74) is 1.25. The number of nitriles is 1. The molecule has 0 saturated carbocycles. The molecule has 1 aromatic heterocycles. The fourth-order valence-electron chi connectivity index (χ4n) is 1.50. The van der Waals surface area contributed by atoms with Crippen LogP contribution in [0.2, 0.25) is 5.02 Å². The van der Waals surface area contributed by atoms with Crippen LogP contribution in [0.25, 0.3) is 0 Å². The smallest absolute Gasteiger partial charge is 0.144 e. The zero-order valence-corrected chi connectivity index (χ0v) is 12.3. The summed E-state index contributed by atoms with van der Waals surface area (Å²) in [5, 5.41) is 12.5. The van der Waals surface area contributed by atoms with Gasteiger partial charge in [-0.15, -0.1) is 0 Å². The number of benzene rings is 1. The van der Waals surface area contributed by atoms with Crippen LogP contribution in [0, 0.1) is 11.3 Å². The van der Waals surface area contributed by atoms with Gasteiger partial charge in [0.2, 0.25) is 0 Å². The Morgan fingerprint density at radius 2 is 2.21 bits per heavy atom. The molecule has 96 valence electrons. The van der Waals surface area contributed by atoms with Crippen molar-refractivity contribution >= 4 is 39.0 Å². The molecule has 0 spiro atoms. The number of hydrogen-bond acceptors (Lipinski definition) is 4. The number of rotatable bonds is 3. The molecular formula is C13H9BrClN3O. The molecule has 0 aliphatic rings. The van der Waals surface area contributed by atoms with Gasteiger partial charge in [0.1, 0.15) is 11.6 Å². The van der Waals surface area contributed by atoms with E-state index in [2.05, 4.69) is 32.3 Å². The van der Waals surface area contributed by atoms with Crippen molar-refractivity contribution in [3.05, 3.63) is 45.5 Å². The highest BCUT2D eigenvalue weighted by atomic mass is 79.9. The summed E-state index contributed by atoms with van der Waals surface area (Å²) in [4.78, 5) is 4.18. The Bertz CT molecular complexity index is 655. The number of pyridine rings is 1. The summed E-state index contributed by atoms with van der Waals surface area (Å²) in [6.45, 7) is 0. The SMILES string of the molecule is COc1cc(C#N)ccc1Nc1ncc(Cl)cc1Br. The van der Waals surface area contributed by atoms with Gasteiger partial charge in [0, 0.05) is 12.3 Å². The molecule has 2 aromatic rings. The van der Waals surface area contributed by atoms with Gasteiger partial charge in [-0.3, -0.25) is 0 Å². The molecular weight excluding hydrogens is 330 g/mol. The van der Waals surface area contributed by atoms with Gasteiger partial charge in [-0.2, -0.15) is 5.26 Å². The minimum Gasteiger partial charge on any atom is -0.495 e. The minimum atomic E-state index is 0.533. The lowest BCUT2D eigenvalue weighted by molar-refractivity contribution is 0.416. The highest BCUT2D eigenvalue weighted by Crippen LogP contribution is 2.31. The Balaban J connectivity index is 2.35. The van der Waals surface area contributed by atoms with Crippen LogP contribution in [0.1, 0.15) is 5.56 Å². The standard InChI is InChI=1S/C13H9BrClN3O/c1-19-12-4-8(6-16)2-3-11(12)18-13-10(14)5-9(15)7-17-13/h2-5,7H,1H3,(H,17,18). The highest BCUT2D eigenvalue weighted by Gasteiger charge is 2.08. The fourth-order valence-corrected chi connectivity index (χ4v) is 2.24. The van der Waals surface area contributed by atoms with Crippen LogP contribution in [0.4, 0.5) is 11.5 Å². The van der Waals surface area contributed by atoms with E-state index in [0.717, 1.165) is 10.2 Å². The largest absolute Gasteiger partial charge is 0.495 e. The van der Waals surface area contributed by atoms with Gasteiger partial charge in [0.05, 0.1) is 33.9 Å². The van der Waals surface area contributed by atoms with E-state index in [0.29, 0.717) is 22.2 Å². The van der Waals surface area contributed by atoms with Gasteiger partial charge < -0.3 is 10.1 Å². The quantitative estimate of drug-likeness (QED) is 0.914. The summed E-state index contributed by atoms with van der Waals surface area (Å²) in [5.74, 6) is 1.19. The lowest BCUT2D eigenvalue weighted by Crippen LogP contribution is -1.98. The predicted molar refractivity (Wildman–Crippen MR) is 77.9 cm³/mol. The Labute approximate surface area is 124 Å². The zero-order valence-electron chi connectivity index (χ0n) is 9.95. The summed E-state index contributed by atoms with van der Waals surface area (Å²) >= 11 is 9.21. The zero-order chi connectivity index (χ0) is 13.8. The second-order valence-electron chi connectivity index (χ2n) is 3.64. The van der Waals surface area contributed by atoms with Crippen molar-refractivity contribution in [1.29, 1.82) is 5.26 Å². The Kier molecular flexibility index (Phi) is 4.25. The molecule has 0 radical (unpaired) electrons. The van der Waals surface area contributed by atoms with Crippen molar-refractivity contribution in [1.82, 2.24) is 4.98 Å². The fraction of sp³-hybridized carbons (Fsp3) is 0.0769. The van der Waals surface area contributed by atoms with E-state index in [9.17, 15) is 0 Å². The van der Waals surface area contributed by atoms with Gasteiger partial charge in [-0.25, -0.2) is 4.98 Å². The second kappa shape index (κ2) is 5.91. The summed E-state index contributed by atoms with van der Waals surface area (Å²) in [6, 6.07) is 8.93. The molecule has 0 aliphatic heterocycles. The maximum Gasteiger partial charge on any atom is 0.144 e. The molecule has 6 heteroatoms. The number of halogens is 2. The third kappa shape index (κ3) is 3.16. The van der Waals surface area contributed by atoms with Crippen molar-refractivity contribution in [3.8, 4) is 11.8 Å². The molecule has 4 nitrogen and oxygen atoms in total. The van der Waals surface area contributed by atoms with Crippen LogP contribution >= 0.6 is 27.5 Å². The number of nitrogens with one attached hydrogen (secondary N) is 1. The first kappa shape index (κ1) is 13.7. The molecule has 0 bridgehead atoms. The summed E-state index contributed by atoms with van der Waals surface area (Å²) in [7, 11) is 1.55. The molecule has 0 saturated heterocycles. The molecule has 0 amide bonds. The number of aromatic nitrogens is 1. The van der Waals surface area contributed by atoms with E-state index in [1.54, 1.807) is 37.6 Å². The van der Waals surface area contributed by atoms with E-state index in [4.69, 9.17) is 21.6 Å². The maximum absolute atomic E-state index is 8.85. The monoisotopic (exact) mass is 337 g/mol. The number of methoxy groups -OCH3 is 1. The van der Waals surface area contributed by atoms with Gasteiger partial charge in [0.25, 0.3) is 0 Å². The van der Waals surface area contributed by atoms with Crippen LogP contribution < -0.4 is 10.1 Å². The predicted octanol–water partition coefficient (Wildman–Crippen LogP) is 4.12. The number of nitrogens with zero attached hydrogens (tertiary/aromatic N) is 2. The number of anilines is 2. The topological polar surface area (TPSA) is 57.9 Å². The molecule has 0 fully saturated rings. The third-order valence-corrected chi connectivity index (χ3v) is 3.20. The summed E-state index contributed by atoms with van der Waals surface area (Å²) in [6.07, 6.45) is 1.55. The van der Waals surface area contributed by atoms with E-state index in [-0.39, 0.29) is 0 Å². The van der Waals surface area contributed by atoms with E-state index >= 15 is 0 Å². The number of hydrogen-bond donors (Lipinski definition) is 1. The Morgan fingerprint density at radius 1 is 1.42 bits per heavy atom. The number of ether oxygens (including phenoxy) is 1. The molecule has 19 heavy (non-hydrogen) atoms. The lowest BCUT2D eigenvalue weighted by Gasteiger charge is -2.12. The molecule has 0 aliphatic carbocycles. The first-order valence-electron chi connectivity index (χ1n) is 5.30. The van der Waals surface area contributed by atoms with Crippen molar-refractivity contribution < 1.29 is 4.74 Å². The first-order valence-corrected chi connectivity index (χ1v) is 6.47. The highest BCUT2D eigenvalue weighted by molar-refractivity contribution is 9.10. The first-order chi connectivity index (χ1) is 9.13. The molecule has 1 N–H and O–H groups in total. The van der Waals surface area contributed by atoms with Crippen molar-refractivity contribution in [2.24, 2.45) is 0 Å². The van der Waals surface area contributed by atoms with Crippen molar-refractivity contribution in [3.63, 3.8) is 0 Å². The summed E-state index contributed by atoms with van der Waals surface area (Å²) < 4.78 is 5.98. The van der Waals surface area contributed by atoms with Crippen LogP contribution in [0.3, 0.4) is 0 Å². The molecule has 0 unspecified atom stereocenters. The maximum atomic E-state index is 8.85. The van der Waals surface area contributed by atoms with Crippen LogP contribution in [-0.2, 0) is 0 Å². The van der Waals surface area contributed by atoms with E-state index in [1.807, 2.05) is 0 Å². The van der Waals surface area contributed by atoms with Crippen LogP contribution in [0.5, 0.6) is 5.75 Å². The van der Waals surface area contributed by atoms with Gasteiger partial charge in [-0.1, -0.05) is 11.6 Å². The Morgan fingerprint density at radius 3 is 2.84 bits per heavy atom. The van der Waals surface area contributed by atoms with E-state index in [1.165, 1.54) is 0 Å². The lowest BCUT2D eigenvalue weighted by atomic mass is 10.2. The average molecular weight is 339 g/mol. The van der Waals surface area contributed by atoms with Crippen molar-refractivity contribution in [2.45, 2.75) is 0 Å². The second-order valence-corrected chi connectivity index (χ2v) is 4.93. The molecule has 1 aromatic carbocycles. The normalized spacial score (nSPS) is 9.79. The molecule has 2 rings (SSSR count). The van der Waals surface area contributed by atoms with Gasteiger partial charge >= 0.3 is 0 Å². The van der Waals surface area contributed by atoms with Gasteiger partial charge in [-0.05, 0) is 34.1 Å². The average Bonchev–Trinajstić information content (AvgIpc) is 2.42. The van der Waals surface area contributed by atoms with Crippen molar-refractivity contribution in [2.75, 3.05) is 12.4 Å². The third-order valence-electron chi connectivity index (χ3n) is 2.39. The van der Waals surface area contributed by atoms with Crippen LogP contribution in [0.15, 0.2) is 34.9 Å². The minimum absolute atomic E-state index is 0.533. The molecule has 1 heterocycles. The molecule has 0 atom stereocenters. The van der Waals surface area contributed by atoms with Gasteiger partial charge in [0.15, 0.2) is 0 Å². The Hall–Kier alpha value is -1.77. The van der Waals surface area contributed by atoms with E-state index < -0.39 is 0 Å².